The fraction of sp³-hybridized carbons (Fsp3) is 0.900. The van der Waals surface area contributed by atoms with Gasteiger partial charge in [-0.3, -0.25) is 4.79 Å². The van der Waals surface area contributed by atoms with Gasteiger partial charge in [-0.25, -0.2) is 0 Å². The van der Waals surface area contributed by atoms with Crippen molar-refractivity contribution in [2.75, 3.05) is 13.1 Å². The van der Waals surface area contributed by atoms with Gasteiger partial charge in [0, 0.05) is 19.1 Å². The van der Waals surface area contributed by atoms with E-state index in [4.69, 9.17) is 0 Å². The van der Waals surface area contributed by atoms with Gasteiger partial charge in [0.2, 0.25) is 5.91 Å². The highest BCUT2D eigenvalue weighted by Crippen LogP contribution is 1.95. The summed E-state index contributed by atoms with van der Waals surface area (Å²) in [5, 5.41) is 3.20. The Morgan fingerprint density at radius 3 is 2.00 bits per heavy atom. The number of amides is 1. The van der Waals surface area contributed by atoms with Crippen LogP contribution in [0.1, 0.15) is 34.6 Å². The molecule has 3 heteroatoms. The molecule has 0 fully saturated rings. The quantitative estimate of drug-likeness (QED) is 0.700. The minimum absolute atomic E-state index is 0.0695. The normalized spacial score (nSPS) is 13.1. The molecule has 0 aliphatic rings. The monoisotopic (exact) mass is 186 g/mol. The van der Waals surface area contributed by atoms with Gasteiger partial charge in [0.05, 0.1) is 6.04 Å². The number of carbonyl (C=O) groups is 1. The molecule has 0 heterocycles. The fourth-order valence-corrected chi connectivity index (χ4v) is 1.38. The van der Waals surface area contributed by atoms with E-state index in [2.05, 4.69) is 5.32 Å². The van der Waals surface area contributed by atoms with E-state index in [-0.39, 0.29) is 11.9 Å². The van der Waals surface area contributed by atoms with Gasteiger partial charge in [0.25, 0.3) is 0 Å². The summed E-state index contributed by atoms with van der Waals surface area (Å²) in [6, 6.07) is 0.286. The average molecular weight is 186 g/mol. The first kappa shape index (κ1) is 12.4. The second-order valence-electron chi connectivity index (χ2n) is 3.55. The van der Waals surface area contributed by atoms with Gasteiger partial charge < -0.3 is 10.2 Å². The van der Waals surface area contributed by atoms with Crippen molar-refractivity contribution in [2.45, 2.75) is 46.7 Å². The number of hydrogen-bond donors (Lipinski definition) is 1. The van der Waals surface area contributed by atoms with Crippen molar-refractivity contribution in [1.82, 2.24) is 10.2 Å². The van der Waals surface area contributed by atoms with Crippen molar-refractivity contribution < 1.29 is 4.79 Å². The zero-order chi connectivity index (χ0) is 10.4. The van der Waals surface area contributed by atoms with Gasteiger partial charge >= 0.3 is 0 Å². The van der Waals surface area contributed by atoms with E-state index in [0.717, 1.165) is 13.1 Å². The molecule has 0 aliphatic carbocycles. The number of nitrogens with one attached hydrogen (secondary N) is 1. The Morgan fingerprint density at radius 2 is 1.69 bits per heavy atom. The molecule has 0 aliphatic heterocycles. The summed E-state index contributed by atoms with van der Waals surface area (Å²) in [5.41, 5.74) is 0. The molecule has 0 spiro atoms. The zero-order valence-electron chi connectivity index (χ0n) is 9.42. The lowest BCUT2D eigenvalue weighted by atomic mass is 10.2. The van der Waals surface area contributed by atoms with Crippen LogP contribution in [0, 0.1) is 0 Å². The number of rotatable bonds is 5. The van der Waals surface area contributed by atoms with Crippen LogP contribution in [0.4, 0.5) is 0 Å². The Kier molecular flexibility index (Phi) is 5.71. The van der Waals surface area contributed by atoms with E-state index < -0.39 is 0 Å². The fourth-order valence-electron chi connectivity index (χ4n) is 1.38. The lowest BCUT2D eigenvalue weighted by molar-refractivity contribution is -0.132. The molecule has 1 N–H and O–H groups in total. The van der Waals surface area contributed by atoms with Crippen molar-refractivity contribution in [1.29, 1.82) is 0 Å². The predicted molar refractivity (Wildman–Crippen MR) is 55.7 cm³/mol. The van der Waals surface area contributed by atoms with E-state index in [9.17, 15) is 4.79 Å². The third kappa shape index (κ3) is 4.27. The summed E-state index contributed by atoms with van der Waals surface area (Å²) in [5.74, 6) is 0.193. The molecule has 0 aromatic rings. The van der Waals surface area contributed by atoms with E-state index in [1.807, 2.05) is 39.5 Å². The van der Waals surface area contributed by atoms with Crippen LogP contribution < -0.4 is 5.32 Å². The number of nitrogens with zero attached hydrogens (tertiary/aromatic N) is 1. The van der Waals surface area contributed by atoms with Crippen LogP contribution in [0.5, 0.6) is 0 Å². The van der Waals surface area contributed by atoms with Crippen LogP contribution >= 0.6 is 0 Å². The minimum atomic E-state index is -0.0695. The molecule has 1 unspecified atom stereocenters. The third-order valence-corrected chi connectivity index (χ3v) is 2.03. The van der Waals surface area contributed by atoms with Gasteiger partial charge in [-0.2, -0.15) is 0 Å². The Balaban J connectivity index is 4.07. The Hall–Kier alpha value is -0.570. The van der Waals surface area contributed by atoms with Gasteiger partial charge in [0.1, 0.15) is 0 Å². The molecule has 0 saturated carbocycles. The first-order chi connectivity index (χ1) is 6.02. The number of hydrogen-bond acceptors (Lipinski definition) is 2. The van der Waals surface area contributed by atoms with Crippen LogP contribution in [0.3, 0.4) is 0 Å². The van der Waals surface area contributed by atoms with Crippen LogP contribution in [-0.4, -0.2) is 36.0 Å². The maximum absolute atomic E-state index is 11.7. The molecule has 0 aromatic heterocycles. The Labute approximate surface area is 81.5 Å². The SMILES string of the molecule is CCN(CC)C(=O)C(C)NC(C)C. The number of likely N-dealkylation sites (N-methyl/N-ethyl adjacent to an activating group) is 1. The Bertz CT molecular complexity index is 153. The van der Waals surface area contributed by atoms with E-state index in [1.54, 1.807) is 0 Å². The van der Waals surface area contributed by atoms with Gasteiger partial charge in [0.15, 0.2) is 0 Å². The highest BCUT2D eigenvalue weighted by molar-refractivity contribution is 5.81. The number of carbonyl (C=O) groups excluding carboxylic acids is 1. The maximum atomic E-state index is 11.7. The van der Waals surface area contributed by atoms with Crippen LogP contribution in [-0.2, 0) is 4.79 Å². The molecule has 0 saturated heterocycles. The van der Waals surface area contributed by atoms with Crippen molar-refractivity contribution in [2.24, 2.45) is 0 Å². The van der Waals surface area contributed by atoms with Crippen LogP contribution in [0.2, 0.25) is 0 Å². The summed E-state index contributed by atoms with van der Waals surface area (Å²) < 4.78 is 0. The van der Waals surface area contributed by atoms with E-state index in [0.29, 0.717) is 6.04 Å². The van der Waals surface area contributed by atoms with Gasteiger partial charge in [-0.15, -0.1) is 0 Å². The molecule has 13 heavy (non-hydrogen) atoms. The zero-order valence-corrected chi connectivity index (χ0v) is 9.42. The first-order valence-corrected chi connectivity index (χ1v) is 5.07. The summed E-state index contributed by atoms with van der Waals surface area (Å²) in [6.07, 6.45) is 0. The molecule has 0 radical (unpaired) electrons. The molecular formula is C10H22N2O. The minimum Gasteiger partial charge on any atom is -0.342 e. The standard InChI is InChI=1S/C10H22N2O/c1-6-12(7-2)10(13)9(5)11-8(3)4/h8-9,11H,6-7H2,1-5H3. The second-order valence-corrected chi connectivity index (χ2v) is 3.55. The van der Waals surface area contributed by atoms with Crippen LogP contribution in [0.15, 0.2) is 0 Å². The average Bonchev–Trinajstić information content (AvgIpc) is 2.05. The van der Waals surface area contributed by atoms with Gasteiger partial charge in [-0.1, -0.05) is 13.8 Å². The molecule has 0 bridgehead atoms. The highest BCUT2D eigenvalue weighted by Gasteiger charge is 2.17. The molecule has 1 atom stereocenters. The van der Waals surface area contributed by atoms with Crippen molar-refractivity contribution in [3.05, 3.63) is 0 Å². The van der Waals surface area contributed by atoms with E-state index in [1.165, 1.54) is 0 Å². The van der Waals surface area contributed by atoms with Crippen molar-refractivity contribution in [3.8, 4) is 0 Å². The largest absolute Gasteiger partial charge is 0.342 e. The first-order valence-electron chi connectivity index (χ1n) is 5.07. The van der Waals surface area contributed by atoms with Crippen molar-refractivity contribution in [3.63, 3.8) is 0 Å². The smallest absolute Gasteiger partial charge is 0.239 e. The van der Waals surface area contributed by atoms with Gasteiger partial charge in [-0.05, 0) is 20.8 Å². The molecule has 1 amide bonds. The molecule has 0 rings (SSSR count). The summed E-state index contributed by atoms with van der Waals surface area (Å²) in [7, 11) is 0. The lowest BCUT2D eigenvalue weighted by Crippen LogP contribution is -2.46. The molecular weight excluding hydrogens is 164 g/mol. The van der Waals surface area contributed by atoms with Crippen LogP contribution in [0.25, 0.3) is 0 Å². The summed E-state index contributed by atoms with van der Waals surface area (Å²) in [4.78, 5) is 13.6. The molecule has 0 aromatic carbocycles. The lowest BCUT2D eigenvalue weighted by Gasteiger charge is -2.24. The maximum Gasteiger partial charge on any atom is 0.239 e. The summed E-state index contributed by atoms with van der Waals surface area (Å²) >= 11 is 0. The second kappa shape index (κ2) is 5.97. The topological polar surface area (TPSA) is 32.3 Å². The third-order valence-electron chi connectivity index (χ3n) is 2.03. The molecule has 78 valence electrons. The van der Waals surface area contributed by atoms with Crippen molar-refractivity contribution >= 4 is 5.91 Å². The predicted octanol–water partition coefficient (Wildman–Crippen LogP) is 1.24. The highest BCUT2D eigenvalue weighted by atomic mass is 16.2. The van der Waals surface area contributed by atoms with E-state index >= 15 is 0 Å². The summed E-state index contributed by atoms with van der Waals surface area (Å²) in [6.45, 7) is 11.6. The molecule has 3 nitrogen and oxygen atoms in total. The Morgan fingerprint density at radius 1 is 1.23 bits per heavy atom.